The van der Waals surface area contributed by atoms with Crippen LogP contribution < -0.4 is 10.6 Å². The van der Waals surface area contributed by atoms with Crippen LogP contribution in [0.2, 0.25) is 5.02 Å². The first-order chi connectivity index (χ1) is 9.95. The number of carbonyl (C=O) groups is 2. The van der Waals surface area contributed by atoms with Gasteiger partial charge in [0.15, 0.2) is 0 Å². The minimum Gasteiger partial charge on any atom is -0.480 e. The number of hydrogen-bond donors (Lipinski definition) is 3. The quantitative estimate of drug-likeness (QED) is 0.716. The van der Waals surface area contributed by atoms with Crippen LogP contribution in [0.4, 0.5) is 9.18 Å². The van der Waals surface area contributed by atoms with Crippen LogP contribution in [-0.4, -0.2) is 35.2 Å². The molecule has 1 aromatic carbocycles. The standard InChI is InChI=1S/C13H16ClFN2O3S/c1-21-6-5-11(12(18)19)17-13(20)16-7-8-9(14)3-2-4-10(8)15/h2-4,11H,5-7H2,1H3,(H,18,19)(H2,16,17,20). The number of hydrogen-bond acceptors (Lipinski definition) is 3. The van der Waals surface area contributed by atoms with Gasteiger partial charge >= 0.3 is 12.0 Å². The molecule has 0 aliphatic rings. The van der Waals surface area contributed by atoms with E-state index in [1.54, 1.807) is 0 Å². The van der Waals surface area contributed by atoms with Gasteiger partial charge < -0.3 is 15.7 Å². The number of aliphatic carboxylic acids is 1. The van der Waals surface area contributed by atoms with E-state index in [2.05, 4.69) is 10.6 Å². The first-order valence-corrected chi connectivity index (χ1v) is 7.92. The maximum absolute atomic E-state index is 13.5. The molecule has 0 aliphatic carbocycles. The van der Waals surface area contributed by atoms with Crippen LogP contribution in [0.25, 0.3) is 0 Å². The van der Waals surface area contributed by atoms with E-state index in [0.717, 1.165) is 0 Å². The average molecular weight is 335 g/mol. The predicted octanol–water partition coefficient (Wildman–Crippen LogP) is 2.48. The van der Waals surface area contributed by atoms with Gasteiger partial charge in [0.05, 0.1) is 0 Å². The summed E-state index contributed by atoms with van der Waals surface area (Å²) in [6.45, 7) is -0.119. The Morgan fingerprint density at radius 2 is 2.19 bits per heavy atom. The van der Waals surface area contributed by atoms with Crippen molar-refractivity contribution in [3.63, 3.8) is 0 Å². The number of halogens is 2. The number of carboxylic acid groups (broad SMARTS) is 1. The van der Waals surface area contributed by atoms with Crippen molar-refractivity contribution < 1.29 is 19.1 Å². The van der Waals surface area contributed by atoms with Crippen LogP contribution in [-0.2, 0) is 11.3 Å². The molecule has 0 aliphatic heterocycles. The zero-order chi connectivity index (χ0) is 15.8. The van der Waals surface area contributed by atoms with Gasteiger partial charge in [-0.05, 0) is 30.6 Å². The van der Waals surface area contributed by atoms with Gasteiger partial charge in [-0.1, -0.05) is 17.7 Å². The third-order valence-electron chi connectivity index (χ3n) is 2.70. The highest BCUT2D eigenvalue weighted by Crippen LogP contribution is 2.18. The summed E-state index contributed by atoms with van der Waals surface area (Å²) in [4.78, 5) is 22.6. The monoisotopic (exact) mass is 334 g/mol. The Balaban J connectivity index is 2.55. The number of thioether (sulfide) groups is 1. The fraction of sp³-hybridized carbons (Fsp3) is 0.385. The number of benzene rings is 1. The maximum atomic E-state index is 13.5. The second kappa shape index (κ2) is 8.74. The second-order valence-electron chi connectivity index (χ2n) is 4.20. The Hall–Kier alpha value is -1.47. The number of urea groups is 1. The van der Waals surface area contributed by atoms with Crippen molar-refractivity contribution in [2.45, 2.75) is 19.0 Å². The Labute approximate surface area is 131 Å². The van der Waals surface area contributed by atoms with Gasteiger partial charge in [-0.25, -0.2) is 14.0 Å². The van der Waals surface area contributed by atoms with Crippen molar-refractivity contribution in [1.29, 1.82) is 0 Å². The van der Waals surface area contributed by atoms with Crippen LogP contribution >= 0.6 is 23.4 Å². The Morgan fingerprint density at radius 3 is 2.76 bits per heavy atom. The Kier molecular flexibility index (Phi) is 7.31. The normalized spacial score (nSPS) is 11.8. The summed E-state index contributed by atoms with van der Waals surface area (Å²) in [5.41, 5.74) is 0.158. The topological polar surface area (TPSA) is 78.4 Å². The fourth-order valence-corrected chi connectivity index (χ4v) is 2.27. The molecule has 0 bridgehead atoms. The molecule has 0 radical (unpaired) electrons. The van der Waals surface area contributed by atoms with Gasteiger partial charge in [-0.3, -0.25) is 0 Å². The molecule has 1 atom stereocenters. The lowest BCUT2D eigenvalue weighted by molar-refractivity contribution is -0.139. The highest BCUT2D eigenvalue weighted by atomic mass is 35.5. The van der Waals surface area contributed by atoms with Crippen molar-refractivity contribution in [2.24, 2.45) is 0 Å². The third-order valence-corrected chi connectivity index (χ3v) is 3.70. The van der Waals surface area contributed by atoms with Crippen LogP contribution in [0.3, 0.4) is 0 Å². The minimum absolute atomic E-state index is 0.119. The van der Waals surface area contributed by atoms with Gasteiger partial charge in [0, 0.05) is 17.1 Å². The summed E-state index contributed by atoms with van der Waals surface area (Å²) in [5, 5.41) is 13.9. The first kappa shape index (κ1) is 17.6. The van der Waals surface area contributed by atoms with Crippen LogP contribution in [0.15, 0.2) is 18.2 Å². The molecule has 1 unspecified atom stereocenters. The summed E-state index contributed by atoms with van der Waals surface area (Å²) < 4.78 is 13.5. The van der Waals surface area contributed by atoms with E-state index >= 15 is 0 Å². The van der Waals surface area contributed by atoms with Gasteiger partial charge in [0.1, 0.15) is 11.9 Å². The molecule has 116 valence electrons. The third kappa shape index (κ3) is 5.81. The van der Waals surface area contributed by atoms with Crippen molar-refractivity contribution in [2.75, 3.05) is 12.0 Å². The smallest absolute Gasteiger partial charge is 0.326 e. The summed E-state index contributed by atoms with van der Waals surface area (Å²) in [7, 11) is 0. The van der Waals surface area contributed by atoms with Crippen LogP contribution in [0, 0.1) is 5.82 Å². The summed E-state index contributed by atoms with van der Waals surface area (Å²) in [6.07, 6.45) is 2.16. The van der Waals surface area contributed by atoms with E-state index in [0.29, 0.717) is 12.2 Å². The molecule has 0 aromatic heterocycles. The summed E-state index contributed by atoms with van der Waals surface area (Å²) >= 11 is 7.32. The lowest BCUT2D eigenvalue weighted by Gasteiger charge is -2.15. The van der Waals surface area contributed by atoms with Crippen LogP contribution in [0.5, 0.6) is 0 Å². The molecule has 1 aromatic rings. The zero-order valence-corrected chi connectivity index (χ0v) is 12.9. The molecular weight excluding hydrogens is 319 g/mol. The average Bonchev–Trinajstić information content (AvgIpc) is 2.42. The lowest BCUT2D eigenvalue weighted by atomic mass is 10.2. The molecule has 3 N–H and O–H groups in total. The van der Waals surface area contributed by atoms with Crippen molar-refractivity contribution >= 4 is 35.4 Å². The van der Waals surface area contributed by atoms with Gasteiger partial charge in [0.25, 0.3) is 0 Å². The molecular formula is C13H16ClFN2O3S. The molecule has 1 rings (SSSR count). The number of nitrogens with one attached hydrogen (secondary N) is 2. The zero-order valence-electron chi connectivity index (χ0n) is 11.4. The van der Waals surface area contributed by atoms with Gasteiger partial charge in [-0.2, -0.15) is 11.8 Å². The van der Waals surface area contributed by atoms with Crippen molar-refractivity contribution in [3.8, 4) is 0 Å². The molecule has 8 heteroatoms. The Bertz CT molecular complexity index is 496. The van der Waals surface area contributed by atoms with E-state index in [1.165, 1.54) is 30.0 Å². The maximum Gasteiger partial charge on any atom is 0.326 e. The lowest BCUT2D eigenvalue weighted by Crippen LogP contribution is -2.46. The molecule has 0 fully saturated rings. The number of carbonyl (C=O) groups excluding carboxylic acids is 1. The van der Waals surface area contributed by atoms with E-state index in [-0.39, 0.29) is 17.1 Å². The van der Waals surface area contributed by atoms with Gasteiger partial charge in [-0.15, -0.1) is 0 Å². The molecule has 0 saturated heterocycles. The van der Waals surface area contributed by atoms with Gasteiger partial charge in [0.2, 0.25) is 0 Å². The molecule has 21 heavy (non-hydrogen) atoms. The minimum atomic E-state index is -1.11. The molecule has 2 amide bonds. The molecule has 5 nitrogen and oxygen atoms in total. The number of carboxylic acids is 1. The molecule has 0 heterocycles. The summed E-state index contributed by atoms with van der Waals surface area (Å²) in [6, 6.07) is 2.55. The largest absolute Gasteiger partial charge is 0.480 e. The number of rotatable bonds is 7. The van der Waals surface area contributed by atoms with E-state index in [4.69, 9.17) is 16.7 Å². The molecule has 0 spiro atoms. The van der Waals surface area contributed by atoms with Crippen LogP contribution in [0.1, 0.15) is 12.0 Å². The summed E-state index contributed by atoms with van der Waals surface area (Å²) in [5.74, 6) is -1.03. The number of amides is 2. The highest BCUT2D eigenvalue weighted by molar-refractivity contribution is 7.98. The predicted molar refractivity (Wildman–Crippen MR) is 81.2 cm³/mol. The second-order valence-corrected chi connectivity index (χ2v) is 5.59. The van der Waals surface area contributed by atoms with Crippen molar-refractivity contribution in [3.05, 3.63) is 34.6 Å². The fourth-order valence-electron chi connectivity index (χ4n) is 1.57. The van der Waals surface area contributed by atoms with E-state index < -0.39 is 23.9 Å². The van der Waals surface area contributed by atoms with E-state index in [1.807, 2.05) is 6.26 Å². The SMILES string of the molecule is CSCCC(NC(=O)NCc1c(F)cccc1Cl)C(=O)O. The first-order valence-electron chi connectivity index (χ1n) is 6.14. The van der Waals surface area contributed by atoms with E-state index in [9.17, 15) is 14.0 Å². The molecule has 0 saturated carbocycles. The highest BCUT2D eigenvalue weighted by Gasteiger charge is 2.19. The Morgan fingerprint density at radius 1 is 1.48 bits per heavy atom. The van der Waals surface area contributed by atoms with Crippen molar-refractivity contribution in [1.82, 2.24) is 10.6 Å².